The van der Waals surface area contributed by atoms with Crippen LogP contribution in [0.1, 0.15) is 85.5 Å². The first-order chi connectivity index (χ1) is 19.8. The van der Waals surface area contributed by atoms with Crippen molar-refractivity contribution in [3.05, 3.63) is 0 Å². The van der Waals surface area contributed by atoms with E-state index in [9.17, 15) is 28.8 Å². The van der Waals surface area contributed by atoms with Gasteiger partial charge in [-0.25, -0.2) is 4.79 Å². The topological polar surface area (TPSA) is 169 Å². The molecule has 13 heteroatoms. The van der Waals surface area contributed by atoms with E-state index in [0.29, 0.717) is 19.4 Å². The van der Waals surface area contributed by atoms with Crippen LogP contribution >= 0.6 is 0 Å². The molecule has 5 atom stereocenters. The molecule has 0 aromatic rings. The van der Waals surface area contributed by atoms with Crippen LogP contribution < -0.4 is 26.6 Å². The predicted molar refractivity (Wildman–Crippen MR) is 152 cm³/mol. The van der Waals surface area contributed by atoms with Crippen LogP contribution in [-0.4, -0.2) is 100 Å². The Morgan fingerprint density at radius 1 is 1.00 bits per heavy atom. The minimum Gasteiger partial charge on any atom is -0.347 e. The van der Waals surface area contributed by atoms with Crippen LogP contribution in [0.3, 0.4) is 0 Å². The average molecular weight is 588 g/mol. The SMILES string of the molecule is CCCC(NC(=O)[C@@H]1CC2(CN1C(=O)[C@@H](NC(=O)NC1CC1)C(C)(C)C)NC(=O)[C@H]1CCCN12)C(=O)C(=O)NC1CC1. The van der Waals surface area contributed by atoms with Gasteiger partial charge in [0.25, 0.3) is 5.91 Å². The van der Waals surface area contributed by atoms with E-state index in [4.69, 9.17) is 0 Å². The highest BCUT2D eigenvalue weighted by Gasteiger charge is 2.61. The number of hydrogen-bond donors (Lipinski definition) is 5. The van der Waals surface area contributed by atoms with Gasteiger partial charge in [-0.2, -0.15) is 0 Å². The quantitative estimate of drug-likeness (QED) is 0.222. The number of rotatable bonds is 10. The van der Waals surface area contributed by atoms with Crippen LogP contribution in [0.4, 0.5) is 4.79 Å². The van der Waals surface area contributed by atoms with Crippen molar-refractivity contribution < 1.29 is 28.8 Å². The standard InChI is InChI=1S/C29H45N7O6/c1-5-7-18(21(37)25(40)30-16-9-10-16)32-23(38)20-14-29(34-24(39)19-8-6-13-36(19)29)15-35(20)26(41)22(28(2,3)4)33-27(42)31-17-11-12-17/h16-20,22H,5-15H2,1-4H3,(H,30,40)(H,32,38)(H,34,39)(H2,31,33,42)/t18?,19-,20+,22-,29?/m1/s1. The third kappa shape index (κ3) is 6.25. The van der Waals surface area contributed by atoms with Crippen molar-refractivity contribution in [2.24, 2.45) is 5.41 Å². The molecular formula is C29H45N7O6. The third-order valence-corrected chi connectivity index (χ3v) is 9.03. The number of amides is 6. The van der Waals surface area contributed by atoms with Crippen LogP contribution in [0.5, 0.6) is 0 Å². The fraction of sp³-hybridized carbons (Fsp3) is 0.793. The highest BCUT2D eigenvalue weighted by atomic mass is 16.2. The van der Waals surface area contributed by atoms with Crippen molar-refractivity contribution in [1.29, 1.82) is 0 Å². The number of carbonyl (C=O) groups is 6. The Kier molecular flexibility index (Phi) is 8.25. The zero-order valence-corrected chi connectivity index (χ0v) is 25.1. The largest absolute Gasteiger partial charge is 0.347 e. The second-order valence-corrected chi connectivity index (χ2v) is 13.7. The summed E-state index contributed by atoms with van der Waals surface area (Å²) in [5.74, 6) is -2.53. The molecule has 5 rings (SSSR count). The Bertz CT molecular complexity index is 1150. The summed E-state index contributed by atoms with van der Waals surface area (Å²) in [5.41, 5.74) is -1.62. The molecule has 3 saturated heterocycles. The van der Waals surface area contributed by atoms with Gasteiger partial charge in [0.05, 0.1) is 18.6 Å². The Morgan fingerprint density at radius 3 is 2.29 bits per heavy atom. The molecule has 5 fully saturated rings. The normalized spacial score (nSPS) is 28.6. The van der Waals surface area contributed by atoms with E-state index in [2.05, 4.69) is 31.5 Å². The number of urea groups is 1. The van der Waals surface area contributed by atoms with Gasteiger partial charge in [-0.1, -0.05) is 34.1 Å². The summed E-state index contributed by atoms with van der Waals surface area (Å²) in [6.07, 6.45) is 5.95. The second kappa shape index (κ2) is 11.5. The fourth-order valence-electron chi connectivity index (χ4n) is 6.46. The molecule has 0 bridgehead atoms. The average Bonchev–Trinajstić information content (AvgIpc) is 3.80. The Balaban J connectivity index is 1.40. The number of likely N-dealkylation sites (tertiary alicyclic amines) is 1. The summed E-state index contributed by atoms with van der Waals surface area (Å²) >= 11 is 0. The van der Waals surface area contributed by atoms with Crippen molar-refractivity contribution in [2.45, 2.75) is 127 Å². The highest BCUT2D eigenvalue weighted by molar-refractivity contribution is 6.38. The van der Waals surface area contributed by atoms with Crippen molar-refractivity contribution in [3.63, 3.8) is 0 Å². The van der Waals surface area contributed by atoms with E-state index in [1.807, 2.05) is 27.7 Å². The first-order valence-electron chi connectivity index (χ1n) is 15.4. The van der Waals surface area contributed by atoms with Gasteiger partial charge in [0.15, 0.2) is 0 Å². The molecule has 0 radical (unpaired) electrons. The molecule has 2 aliphatic carbocycles. The van der Waals surface area contributed by atoms with E-state index in [1.165, 1.54) is 4.90 Å². The molecular weight excluding hydrogens is 542 g/mol. The number of nitrogens with one attached hydrogen (secondary N) is 5. The van der Waals surface area contributed by atoms with Gasteiger partial charge in [-0.3, -0.25) is 28.9 Å². The lowest BCUT2D eigenvalue weighted by Gasteiger charge is -2.36. The molecule has 232 valence electrons. The van der Waals surface area contributed by atoms with E-state index in [0.717, 1.165) is 32.1 Å². The first kappa shape index (κ1) is 30.2. The molecule has 0 aromatic heterocycles. The van der Waals surface area contributed by atoms with E-state index in [-0.39, 0.29) is 43.4 Å². The summed E-state index contributed by atoms with van der Waals surface area (Å²) in [5, 5.41) is 14.3. The van der Waals surface area contributed by atoms with Gasteiger partial charge in [0.1, 0.15) is 17.7 Å². The lowest BCUT2D eigenvalue weighted by molar-refractivity contribution is -0.144. The number of fused-ring (bicyclic) bond motifs is 2. The van der Waals surface area contributed by atoms with Crippen LogP contribution in [-0.2, 0) is 24.0 Å². The van der Waals surface area contributed by atoms with Crippen molar-refractivity contribution in [3.8, 4) is 0 Å². The summed E-state index contributed by atoms with van der Waals surface area (Å²) in [6, 6.07) is -3.66. The number of Topliss-reactive ketones (excluding diaryl/α,β-unsaturated/α-hetero) is 1. The summed E-state index contributed by atoms with van der Waals surface area (Å²) < 4.78 is 0. The molecule has 5 N–H and O–H groups in total. The van der Waals surface area contributed by atoms with Gasteiger partial charge in [-0.05, 0) is 50.4 Å². The third-order valence-electron chi connectivity index (χ3n) is 9.03. The molecule has 6 amide bonds. The maximum Gasteiger partial charge on any atom is 0.315 e. The van der Waals surface area contributed by atoms with Crippen molar-refractivity contribution >= 4 is 35.4 Å². The summed E-state index contributed by atoms with van der Waals surface area (Å²) in [6.45, 7) is 8.12. The van der Waals surface area contributed by atoms with Gasteiger partial charge in [0.2, 0.25) is 23.5 Å². The van der Waals surface area contributed by atoms with Gasteiger partial charge in [0, 0.05) is 25.0 Å². The summed E-state index contributed by atoms with van der Waals surface area (Å²) in [7, 11) is 0. The van der Waals surface area contributed by atoms with Crippen molar-refractivity contribution in [1.82, 2.24) is 36.4 Å². The van der Waals surface area contributed by atoms with Gasteiger partial charge >= 0.3 is 6.03 Å². The van der Waals surface area contributed by atoms with Gasteiger partial charge in [-0.15, -0.1) is 0 Å². The van der Waals surface area contributed by atoms with E-state index in [1.54, 1.807) is 0 Å². The van der Waals surface area contributed by atoms with E-state index >= 15 is 0 Å². The molecule has 1 spiro atoms. The van der Waals surface area contributed by atoms with Crippen molar-refractivity contribution in [2.75, 3.05) is 13.1 Å². The number of carbonyl (C=O) groups excluding carboxylic acids is 6. The fourth-order valence-corrected chi connectivity index (χ4v) is 6.46. The maximum atomic E-state index is 14.3. The van der Waals surface area contributed by atoms with Crippen LogP contribution in [0, 0.1) is 5.41 Å². The van der Waals surface area contributed by atoms with Crippen LogP contribution in [0.15, 0.2) is 0 Å². The zero-order valence-electron chi connectivity index (χ0n) is 25.1. The van der Waals surface area contributed by atoms with Gasteiger partial charge < -0.3 is 31.5 Å². The molecule has 3 aliphatic heterocycles. The molecule has 13 nitrogen and oxygen atoms in total. The summed E-state index contributed by atoms with van der Waals surface area (Å²) in [4.78, 5) is 83.0. The Morgan fingerprint density at radius 2 is 1.67 bits per heavy atom. The molecule has 0 aromatic carbocycles. The lowest BCUT2D eigenvalue weighted by atomic mass is 9.85. The number of hydrogen-bond acceptors (Lipinski definition) is 7. The van der Waals surface area contributed by atoms with E-state index < -0.39 is 58.7 Å². The smallest absolute Gasteiger partial charge is 0.315 e. The maximum absolute atomic E-state index is 14.3. The first-order valence-corrected chi connectivity index (χ1v) is 15.4. The molecule has 42 heavy (non-hydrogen) atoms. The van der Waals surface area contributed by atoms with Crippen LogP contribution in [0.25, 0.3) is 0 Å². The second-order valence-electron chi connectivity index (χ2n) is 13.7. The molecule has 3 heterocycles. The molecule has 5 aliphatic rings. The monoisotopic (exact) mass is 587 g/mol. The lowest BCUT2D eigenvalue weighted by Crippen LogP contribution is -2.60. The zero-order chi connectivity index (χ0) is 30.4. The number of ketones is 1. The Labute approximate surface area is 246 Å². The number of nitrogens with zero attached hydrogens (tertiary/aromatic N) is 2. The van der Waals surface area contributed by atoms with Crippen LogP contribution in [0.2, 0.25) is 0 Å². The molecule has 2 saturated carbocycles. The minimum absolute atomic E-state index is 0.000521. The molecule has 2 unspecified atom stereocenters. The Hall–Kier alpha value is -3.22. The highest BCUT2D eigenvalue weighted by Crippen LogP contribution is 2.41. The predicted octanol–water partition coefficient (Wildman–Crippen LogP) is -0.113. The minimum atomic E-state index is -1.03.